The highest BCUT2D eigenvalue weighted by molar-refractivity contribution is 6.10. The highest BCUT2D eigenvalue weighted by atomic mass is 19.2. The van der Waals surface area contributed by atoms with Gasteiger partial charge in [0.2, 0.25) is 0 Å². The number of benzene rings is 1. The number of hydrogen-bond donors (Lipinski definition) is 2. The number of carbonyl (C=O) groups is 2. The molecule has 2 spiro atoms. The van der Waals surface area contributed by atoms with Crippen LogP contribution < -0.4 is 0 Å². The van der Waals surface area contributed by atoms with Crippen molar-refractivity contribution in [2.24, 2.45) is 33.5 Å². The van der Waals surface area contributed by atoms with Crippen LogP contribution in [0.25, 0.3) is 0 Å². The molecule has 7 nitrogen and oxygen atoms in total. The third-order valence-corrected chi connectivity index (χ3v) is 14.0. The zero-order valence-corrected chi connectivity index (χ0v) is 27.2. The van der Waals surface area contributed by atoms with Gasteiger partial charge in [-0.1, -0.05) is 32.1 Å². The van der Waals surface area contributed by atoms with Crippen molar-refractivity contribution in [1.82, 2.24) is 9.80 Å². The molecule has 7 aliphatic rings. The van der Waals surface area contributed by atoms with Crippen molar-refractivity contribution in [2.75, 3.05) is 32.7 Å². The molecule has 2 heterocycles. The maximum Gasteiger partial charge on any atom is 0.289 e. The predicted octanol–water partition coefficient (Wildman–Crippen LogP) is 5.79. The van der Waals surface area contributed by atoms with Gasteiger partial charge in [0.1, 0.15) is 0 Å². The molecule has 1 amide bonds. The van der Waals surface area contributed by atoms with E-state index in [2.05, 4.69) is 37.0 Å². The Balaban J connectivity index is 1.13. The molecular weight excluding hydrogens is 602 g/mol. The Hall–Kier alpha value is -3.14. The van der Waals surface area contributed by atoms with E-state index in [1.807, 2.05) is 0 Å². The number of β-amino-alcohol motifs (C(OH)–C–C–N with tert-alkyl or cyclic N) is 1. The highest BCUT2D eigenvalue weighted by Gasteiger charge is 2.74. The van der Waals surface area contributed by atoms with Crippen LogP contribution in [0.3, 0.4) is 0 Å². The van der Waals surface area contributed by atoms with E-state index in [-0.39, 0.29) is 34.5 Å². The molecule has 4 fully saturated rings. The van der Waals surface area contributed by atoms with E-state index in [0.29, 0.717) is 63.3 Å². The molecule has 3 saturated carbocycles. The van der Waals surface area contributed by atoms with Crippen LogP contribution in [0, 0.1) is 45.1 Å². The Morgan fingerprint density at radius 1 is 0.936 bits per heavy atom. The van der Waals surface area contributed by atoms with Crippen molar-refractivity contribution in [3.05, 3.63) is 83.4 Å². The Kier molecular flexibility index (Phi) is 6.91. The van der Waals surface area contributed by atoms with Crippen LogP contribution in [0.5, 0.6) is 0 Å². The van der Waals surface area contributed by atoms with Gasteiger partial charge in [-0.25, -0.2) is 8.78 Å². The van der Waals surface area contributed by atoms with Gasteiger partial charge in [-0.15, -0.1) is 0 Å². The van der Waals surface area contributed by atoms with Crippen LogP contribution in [0.2, 0.25) is 0 Å². The summed E-state index contributed by atoms with van der Waals surface area (Å²) in [6, 6.07) is 6.78. The van der Waals surface area contributed by atoms with Crippen LogP contribution >= 0.6 is 0 Å². The number of allylic oxidation sites excluding steroid dienone is 4. The van der Waals surface area contributed by atoms with Gasteiger partial charge in [0.05, 0.1) is 18.0 Å². The predicted molar refractivity (Wildman–Crippen MR) is 170 cm³/mol. The molecule has 8 atom stereocenters. The number of aliphatic hydroxyl groups is 2. The SMILES string of the molecule is CC12CCC(O)CC13C=CC1(C(C(=O)c4ccc(F)c(F)c4)=C3)C2CCC2(C)C1CCC2(O)CN1CCN(C(=O)c2ccco2)CC1. The summed E-state index contributed by atoms with van der Waals surface area (Å²) in [5.74, 6) is -2.05. The number of fused-ring (bicyclic) bond motifs is 1. The standard InChI is InChI=1S/C38H44F2N2O5/c1-34-10-7-25(43)21-36(34)13-14-38(26(22-36)32(44)24-5-6-27(39)28(40)20-24)30(34)8-11-35(2)31(38)9-12-37(35,46)23-41-15-17-42(18-16-41)33(45)29-4-3-19-47-29/h3-6,13-14,19-20,22,25,30-31,43,46H,7-12,15-18,21,23H2,1-2H3. The number of nitrogens with zero attached hydrogens (tertiary/aromatic N) is 2. The summed E-state index contributed by atoms with van der Waals surface area (Å²) < 4.78 is 33.8. The summed E-state index contributed by atoms with van der Waals surface area (Å²) in [7, 11) is 0. The fourth-order valence-electron chi connectivity index (χ4n) is 11.4. The van der Waals surface area contributed by atoms with E-state index in [1.165, 1.54) is 12.3 Å². The zero-order valence-electron chi connectivity index (χ0n) is 27.2. The van der Waals surface area contributed by atoms with Crippen LogP contribution in [0.1, 0.15) is 79.7 Å². The number of furan rings is 1. The monoisotopic (exact) mass is 646 g/mol. The third-order valence-electron chi connectivity index (χ3n) is 14.0. The lowest BCUT2D eigenvalue weighted by Gasteiger charge is -2.71. The second-order valence-electron chi connectivity index (χ2n) is 15.8. The minimum atomic E-state index is -1.05. The number of Topliss-reactive ketones (excluding diaryl/α,β-unsaturated/α-hetero) is 1. The van der Waals surface area contributed by atoms with E-state index in [1.54, 1.807) is 17.0 Å². The molecule has 6 aliphatic carbocycles. The number of amides is 1. The molecule has 8 unspecified atom stereocenters. The largest absolute Gasteiger partial charge is 0.459 e. The van der Waals surface area contributed by atoms with Gasteiger partial charge < -0.3 is 19.5 Å². The third kappa shape index (κ3) is 4.18. The van der Waals surface area contributed by atoms with Gasteiger partial charge in [-0.05, 0) is 92.5 Å². The van der Waals surface area contributed by atoms with Crippen molar-refractivity contribution in [1.29, 1.82) is 0 Å². The van der Waals surface area contributed by atoms with E-state index < -0.39 is 39.6 Å². The molecule has 2 bridgehead atoms. The zero-order chi connectivity index (χ0) is 33.0. The summed E-state index contributed by atoms with van der Waals surface area (Å²) >= 11 is 0. The van der Waals surface area contributed by atoms with Crippen molar-refractivity contribution >= 4 is 11.7 Å². The maximum absolute atomic E-state index is 14.5. The summed E-state index contributed by atoms with van der Waals surface area (Å²) in [6.07, 6.45) is 12.6. The Morgan fingerprint density at radius 2 is 1.66 bits per heavy atom. The molecule has 1 aromatic carbocycles. The van der Waals surface area contributed by atoms with E-state index in [0.717, 1.165) is 37.8 Å². The normalized spacial score (nSPS) is 40.9. The molecule has 1 aromatic heterocycles. The first-order valence-corrected chi connectivity index (χ1v) is 17.2. The Bertz CT molecular complexity index is 1680. The number of rotatable bonds is 5. The highest BCUT2D eigenvalue weighted by Crippen LogP contribution is 2.78. The van der Waals surface area contributed by atoms with Crippen molar-refractivity contribution in [2.45, 2.75) is 70.5 Å². The molecule has 2 N–H and O–H groups in total. The summed E-state index contributed by atoms with van der Waals surface area (Å²) in [6.45, 7) is 7.39. The van der Waals surface area contributed by atoms with E-state index in [4.69, 9.17) is 4.42 Å². The molecule has 47 heavy (non-hydrogen) atoms. The average molecular weight is 647 g/mol. The molecule has 9 rings (SSSR count). The smallest absolute Gasteiger partial charge is 0.289 e. The van der Waals surface area contributed by atoms with E-state index in [9.17, 15) is 28.6 Å². The number of aliphatic hydroxyl groups excluding tert-OH is 1. The van der Waals surface area contributed by atoms with Crippen molar-refractivity contribution in [3.8, 4) is 0 Å². The molecule has 9 heteroatoms. The van der Waals surface area contributed by atoms with Crippen LogP contribution in [-0.2, 0) is 0 Å². The first-order chi connectivity index (χ1) is 22.4. The second-order valence-corrected chi connectivity index (χ2v) is 15.8. The first kappa shape index (κ1) is 31.1. The van der Waals surface area contributed by atoms with Gasteiger partial charge in [0, 0.05) is 60.1 Å². The van der Waals surface area contributed by atoms with Crippen LogP contribution in [0.4, 0.5) is 8.78 Å². The lowest BCUT2D eigenvalue weighted by molar-refractivity contribution is -0.176. The molecule has 1 aliphatic heterocycles. The topological polar surface area (TPSA) is 94.2 Å². The average Bonchev–Trinajstić information content (AvgIpc) is 3.68. The molecule has 2 aromatic rings. The lowest BCUT2D eigenvalue weighted by Crippen LogP contribution is -2.67. The fourth-order valence-corrected chi connectivity index (χ4v) is 11.4. The molecule has 250 valence electrons. The first-order valence-electron chi connectivity index (χ1n) is 17.2. The molecule has 1 saturated heterocycles. The Labute approximate surface area is 274 Å². The van der Waals surface area contributed by atoms with Crippen LogP contribution in [0.15, 0.2) is 64.8 Å². The van der Waals surface area contributed by atoms with Crippen molar-refractivity contribution in [3.63, 3.8) is 0 Å². The van der Waals surface area contributed by atoms with Gasteiger partial charge in [0.25, 0.3) is 5.91 Å². The number of hydrogen-bond acceptors (Lipinski definition) is 6. The Morgan fingerprint density at radius 3 is 2.38 bits per heavy atom. The second kappa shape index (κ2) is 10.4. The molecular formula is C38H44F2N2O5. The maximum atomic E-state index is 14.5. The fraction of sp³-hybridized carbons (Fsp3) is 0.579. The minimum absolute atomic E-state index is 0.0423. The van der Waals surface area contributed by atoms with Crippen molar-refractivity contribution < 1.29 is 33.0 Å². The number of carbonyl (C=O) groups excluding carboxylic acids is 2. The van der Waals surface area contributed by atoms with E-state index >= 15 is 0 Å². The summed E-state index contributed by atoms with van der Waals surface area (Å²) in [4.78, 5) is 31.5. The quantitative estimate of drug-likeness (QED) is 0.316. The number of ketones is 1. The minimum Gasteiger partial charge on any atom is -0.459 e. The van der Waals surface area contributed by atoms with Gasteiger partial charge in [-0.3, -0.25) is 14.5 Å². The van der Waals surface area contributed by atoms with Gasteiger partial charge in [-0.2, -0.15) is 0 Å². The molecule has 0 radical (unpaired) electrons. The lowest BCUT2D eigenvalue weighted by atomic mass is 9.32. The number of piperazine rings is 1. The van der Waals surface area contributed by atoms with Gasteiger partial charge >= 0.3 is 0 Å². The summed E-state index contributed by atoms with van der Waals surface area (Å²) in [5, 5.41) is 23.6. The van der Waals surface area contributed by atoms with Crippen LogP contribution in [-0.4, -0.2) is 76.1 Å². The van der Waals surface area contributed by atoms with Gasteiger partial charge in [0.15, 0.2) is 23.2 Å². The summed E-state index contributed by atoms with van der Waals surface area (Å²) in [5.41, 5.74) is -2.14. The number of halogens is 2.